The van der Waals surface area contributed by atoms with Crippen molar-refractivity contribution in [2.24, 2.45) is 0 Å². The molecule has 6 nitrogen and oxygen atoms in total. The first kappa shape index (κ1) is 14.6. The van der Waals surface area contributed by atoms with E-state index < -0.39 is 0 Å². The monoisotopic (exact) mass is 308 g/mol. The van der Waals surface area contributed by atoms with Crippen LogP contribution in [0, 0.1) is 0 Å². The standard InChI is InChI=1S/C14H20N4O2S/c1-4-12-16-18-13(19)5-11(15-14(18)21-12)7-17-6-10(3)20-8-9(17)2/h5,9-10H,4,6-8H2,1-3H3/t9-,10+/m1/s1. The largest absolute Gasteiger partial charge is 0.376 e. The van der Waals surface area contributed by atoms with E-state index in [1.165, 1.54) is 15.9 Å². The molecule has 0 radical (unpaired) electrons. The Morgan fingerprint density at radius 2 is 2.29 bits per heavy atom. The van der Waals surface area contributed by atoms with E-state index in [1.54, 1.807) is 6.07 Å². The van der Waals surface area contributed by atoms with E-state index in [1.807, 2.05) is 6.92 Å². The molecule has 0 aromatic carbocycles. The van der Waals surface area contributed by atoms with Gasteiger partial charge in [-0.1, -0.05) is 18.3 Å². The van der Waals surface area contributed by atoms with Gasteiger partial charge in [-0.3, -0.25) is 9.69 Å². The van der Waals surface area contributed by atoms with Crippen LogP contribution >= 0.6 is 11.3 Å². The Labute approximate surface area is 127 Å². The van der Waals surface area contributed by atoms with Gasteiger partial charge >= 0.3 is 0 Å². The highest BCUT2D eigenvalue weighted by Gasteiger charge is 2.24. The number of aromatic nitrogens is 3. The summed E-state index contributed by atoms with van der Waals surface area (Å²) in [5, 5.41) is 5.21. The molecule has 2 aromatic heterocycles. The van der Waals surface area contributed by atoms with Crippen molar-refractivity contribution in [1.82, 2.24) is 19.5 Å². The van der Waals surface area contributed by atoms with Crippen LogP contribution in [0.5, 0.6) is 0 Å². The fraction of sp³-hybridized carbons (Fsp3) is 0.643. The first-order valence-corrected chi connectivity index (χ1v) is 8.12. The second kappa shape index (κ2) is 5.82. The molecule has 2 atom stereocenters. The molecule has 1 aliphatic rings. The summed E-state index contributed by atoms with van der Waals surface area (Å²) in [7, 11) is 0. The van der Waals surface area contributed by atoms with Gasteiger partial charge in [0.05, 0.1) is 18.4 Å². The molecule has 1 fully saturated rings. The summed E-state index contributed by atoms with van der Waals surface area (Å²) in [5.41, 5.74) is 0.715. The van der Waals surface area contributed by atoms with Crippen molar-refractivity contribution >= 4 is 16.3 Å². The van der Waals surface area contributed by atoms with E-state index in [9.17, 15) is 4.79 Å². The van der Waals surface area contributed by atoms with E-state index in [0.29, 0.717) is 17.5 Å². The molecule has 114 valence electrons. The number of nitrogens with zero attached hydrogens (tertiary/aromatic N) is 4. The zero-order chi connectivity index (χ0) is 15.0. The Bertz CT molecular complexity index is 696. The summed E-state index contributed by atoms with van der Waals surface area (Å²) >= 11 is 1.49. The van der Waals surface area contributed by atoms with Crippen molar-refractivity contribution < 1.29 is 4.74 Å². The van der Waals surface area contributed by atoms with E-state index in [4.69, 9.17) is 4.74 Å². The Morgan fingerprint density at radius 1 is 1.48 bits per heavy atom. The minimum absolute atomic E-state index is 0.0973. The van der Waals surface area contributed by atoms with Crippen LogP contribution in [0.1, 0.15) is 31.5 Å². The molecular weight excluding hydrogens is 288 g/mol. The second-order valence-corrected chi connectivity index (χ2v) is 6.59. The smallest absolute Gasteiger partial charge is 0.275 e. The molecule has 0 spiro atoms. The lowest BCUT2D eigenvalue weighted by molar-refractivity contribution is -0.0530. The lowest BCUT2D eigenvalue weighted by Gasteiger charge is -2.36. The second-order valence-electron chi connectivity index (χ2n) is 5.55. The molecule has 0 bridgehead atoms. The van der Waals surface area contributed by atoms with E-state index in [0.717, 1.165) is 30.3 Å². The Balaban J connectivity index is 1.88. The van der Waals surface area contributed by atoms with E-state index in [-0.39, 0.29) is 11.7 Å². The molecule has 3 rings (SSSR count). The normalized spacial score (nSPS) is 23.8. The third-order valence-corrected chi connectivity index (χ3v) is 4.80. The van der Waals surface area contributed by atoms with Gasteiger partial charge < -0.3 is 4.74 Å². The SMILES string of the molecule is CCc1nn2c(=O)cc(CN3C[C@H](C)OC[C@H]3C)nc2s1. The maximum atomic E-state index is 12.1. The summed E-state index contributed by atoms with van der Waals surface area (Å²) in [5.74, 6) is 0. The molecule has 1 saturated heterocycles. The maximum absolute atomic E-state index is 12.1. The van der Waals surface area contributed by atoms with Crippen molar-refractivity contribution in [3.8, 4) is 0 Å². The Morgan fingerprint density at radius 3 is 3.05 bits per heavy atom. The quantitative estimate of drug-likeness (QED) is 0.856. The predicted molar refractivity (Wildman–Crippen MR) is 81.8 cm³/mol. The number of hydrogen-bond donors (Lipinski definition) is 0. The van der Waals surface area contributed by atoms with Crippen LogP contribution in [0.25, 0.3) is 4.96 Å². The van der Waals surface area contributed by atoms with Gasteiger partial charge in [0.25, 0.3) is 5.56 Å². The highest BCUT2D eigenvalue weighted by atomic mass is 32.1. The van der Waals surface area contributed by atoms with Gasteiger partial charge in [0.1, 0.15) is 5.01 Å². The van der Waals surface area contributed by atoms with Crippen LogP contribution in [0.3, 0.4) is 0 Å². The van der Waals surface area contributed by atoms with Crippen molar-refractivity contribution in [3.05, 3.63) is 27.1 Å². The van der Waals surface area contributed by atoms with Gasteiger partial charge in [0, 0.05) is 25.2 Å². The molecule has 21 heavy (non-hydrogen) atoms. The fourth-order valence-electron chi connectivity index (χ4n) is 2.52. The minimum Gasteiger partial charge on any atom is -0.376 e. The fourth-order valence-corrected chi connectivity index (χ4v) is 3.38. The van der Waals surface area contributed by atoms with Crippen LogP contribution < -0.4 is 5.56 Å². The maximum Gasteiger partial charge on any atom is 0.275 e. The number of ether oxygens (including phenoxy) is 1. The third-order valence-electron chi connectivity index (χ3n) is 3.74. The molecular formula is C14H20N4O2S. The summed E-state index contributed by atoms with van der Waals surface area (Å²) in [4.78, 5) is 19.7. The first-order chi connectivity index (χ1) is 10.1. The van der Waals surface area contributed by atoms with E-state index in [2.05, 4.69) is 28.8 Å². The highest BCUT2D eigenvalue weighted by molar-refractivity contribution is 7.16. The predicted octanol–water partition coefficient (Wildman–Crippen LogP) is 1.32. The van der Waals surface area contributed by atoms with Gasteiger partial charge in [0.2, 0.25) is 4.96 Å². The minimum atomic E-state index is -0.0973. The molecule has 7 heteroatoms. The molecule has 1 aliphatic heterocycles. The Hall–Kier alpha value is -1.31. The van der Waals surface area contributed by atoms with Gasteiger partial charge in [0.15, 0.2) is 0 Å². The number of rotatable bonds is 3. The van der Waals surface area contributed by atoms with Gasteiger partial charge in [-0.15, -0.1) is 0 Å². The number of morpholine rings is 1. The molecule has 0 saturated carbocycles. The zero-order valence-corrected chi connectivity index (χ0v) is 13.4. The van der Waals surface area contributed by atoms with Crippen molar-refractivity contribution in [1.29, 1.82) is 0 Å². The average molecular weight is 308 g/mol. The van der Waals surface area contributed by atoms with Crippen molar-refractivity contribution in [2.45, 2.75) is 45.9 Å². The summed E-state index contributed by atoms with van der Waals surface area (Å²) in [6.45, 7) is 8.51. The van der Waals surface area contributed by atoms with Crippen LogP contribution in [-0.2, 0) is 17.7 Å². The number of aryl methyl sites for hydroxylation is 1. The van der Waals surface area contributed by atoms with Crippen molar-refractivity contribution in [2.75, 3.05) is 13.2 Å². The number of fused-ring (bicyclic) bond motifs is 1. The number of hydrogen-bond acceptors (Lipinski definition) is 6. The van der Waals surface area contributed by atoms with Gasteiger partial charge in [-0.25, -0.2) is 4.98 Å². The Kier molecular flexibility index (Phi) is 4.05. The molecule has 2 aromatic rings. The van der Waals surface area contributed by atoms with Crippen LogP contribution in [0.2, 0.25) is 0 Å². The van der Waals surface area contributed by atoms with Crippen LogP contribution in [0.4, 0.5) is 0 Å². The molecule has 0 N–H and O–H groups in total. The van der Waals surface area contributed by atoms with Crippen molar-refractivity contribution in [3.63, 3.8) is 0 Å². The topological polar surface area (TPSA) is 59.7 Å². The highest BCUT2D eigenvalue weighted by Crippen LogP contribution is 2.16. The summed E-state index contributed by atoms with van der Waals surface area (Å²) < 4.78 is 7.04. The van der Waals surface area contributed by atoms with Gasteiger partial charge in [-0.2, -0.15) is 9.61 Å². The van der Waals surface area contributed by atoms with Crippen LogP contribution in [0.15, 0.2) is 10.9 Å². The molecule has 0 aliphatic carbocycles. The third kappa shape index (κ3) is 3.00. The first-order valence-electron chi connectivity index (χ1n) is 7.31. The lowest BCUT2D eigenvalue weighted by Crippen LogP contribution is -2.46. The zero-order valence-electron chi connectivity index (χ0n) is 12.6. The van der Waals surface area contributed by atoms with Gasteiger partial charge in [-0.05, 0) is 20.3 Å². The van der Waals surface area contributed by atoms with Crippen LogP contribution in [-0.4, -0.2) is 44.8 Å². The summed E-state index contributed by atoms with van der Waals surface area (Å²) in [6.07, 6.45) is 1.04. The summed E-state index contributed by atoms with van der Waals surface area (Å²) in [6, 6.07) is 1.94. The average Bonchev–Trinajstić information content (AvgIpc) is 2.86. The molecule has 3 heterocycles. The lowest BCUT2D eigenvalue weighted by atomic mass is 10.2. The molecule has 0 amide bonds. The van der Waals surface area contributed by atoms with E-state index >= 15 is 0 Å². The molecule has 0 unspecified atom stereocenters.